The molecule has 1 aliphatic carbocycles. The van der Waals surface area contributed by atoms with E-state index in [2.05, 4.69) is 16.7 Å². The van der Waals surface area contributed by atoms with Crippen molar-refractivity contribution in [3.05, 3.63) is 76.3 Å². The number of nitrogens with zero attached hydrogens (tertiary/aromatic N) is 2. The number of fused-ring (bicyclic) bond motifs is 1. The molecule has 0 spiro atoms. The lowest BCUT2D eigenvalue weighted by Crippen LogP contribution is -2.47. The first-order chi connectivity index (χ1) is 13.2. The minimum absolute atomic E-state index is 0.0337. The SMILES string of the molecule is CCN1CCN(C2=C(Sc3ccccc3)C(=O)c3ccccc3C2=O)CC1. The Morgan fingerprint density at radius 3 is 2.04 bits per heavy atom. The molecule has 2 aromatic carbocycles. The molecule has 1 saturated heterocycles. The summed E-state index contributed by atoms with van der Waals surface area (Å²) in [5.74, 6) is -0.0828. The molecule has 1 aliphatic heterocycles. The Hall–Kier alpha value is -2.37. The highest BCUT2D eigenvalue weighted by Gasteiger charge is 2.36. The molecule has 1 fully saturated rings. The van der Waals surface area contributed by atoms with E-state index in [0.29, 0.717) is 21.7 Å². The highest BCUT2D eigenvalue weighted by atomic mass is 32.2. The van der Waals surface area contributed by atoms with E-state index in [1.54, 1.807) is 12.1 Å². The number of piperazine rings is 1. The molecule has 2 aromatic rings. The van der Waals surface area contributed by atoms with Gasteiger partial charge in [-0.05, 0) is 18.7 Å². The molecule has 0 N–H and O–H groups in total. The predicted octanol–water partition coefficient (Wildman–Crippen LogP) is 3.71. The molecule has 27 heavy (non-hydrogen) atoms. The number of Topliss-reactive ketones (excluding diaryl/α,β-unsaturated/α-hetero) is 2. The van der Waals surface area contributed by atoms with Gasteiger partial charge in [0.05, 0.1) is 4.91 Å². The van der Waals surface area contributed by atoms with E-state index in [4.69, 9.17) is 0 Å². The molecule has 0 amide bonds. The lowest BCUT2D eigenvalue weighted by Gasteiger charge is -2.38. The van der Waals surface area contributed by atoms with Crippen LogP contribution in [0.15, 0.2) is 70.1 Å². The van der Waals surface area contributed by atoms with Crippen LogP contribution in [-0.2, 0) is 0 Å². The Morgan fingerprint density at radius 2 is 1.41 bits per heavy atom. The largest absolute Gasteiger partial charge is 0.365 e. The number of allylic oxidation sites excluding steroid dienone is 2. The Balaban J connectivity index is 1.76. The summed E-state index contributed by atoms with van der Waals surface area (Å²) in [7, 11) is 0. The van der Waals surface area contributed by atoms with Crippen LogP contribution in [0.2, 0.25) is 0 Å². The van der Waals surface area contributed by atoms with Gasteiger partial charge < -0.3 is 9.80 Å². The first kappa shape index (κ1) is 18.0. The normalized spacial score (nSPS) is 18.0. The van der Waals surface area contributed by atoms with Crippen LogP contribution in [0, 0.1) is 0 Å². The quantitative estimate of drug-likeness (QED) is 0.811. The standard InChI is InChI=1S/C22H22N2O2S/c1-2-23-12-14-24(15-13-23)19-20(25)17-10-6-7-11-18(17)21(26)22(19)27-16-8-4-3-5-9-16/h3-11H,2,12-15H2,1H3. The maximum absolute atomic E-state index is 13.3. The maximum Gasteiger partial charge on any atom is 0.211 e. The van der Waals surface area contributed by atoms with E-state index in [1.807, 2.05) is 42.5 Å². The van der Waals surface area contributed by atoms with Crippen LogP contribution in [0.4, 0.5) is 0 Å². The lowest BCUT2D eigenvalue weighted by atomic mass is 9.91. The summed E-state index contributed by atoms with van der Waals surface area (Å²) in [6.45, 7) is 6.51. The summed E-state index contributed by atoms with van der Waals surface area (Å²) >= 11 is 1.40. The fourth-order valence-corrected chi connectivity index (χ4v) is 4.67. The summed E-state index contributed by atoms with van der Waals surface area (Å²) in [6, 6.07) is 17.0. The van der Waals surface area contributed by atoms with Gasteiger partial charge in [0.1, 0.15) is 5.70 Å². The number of hydrogen-bond acceptors (Lipinski definition) is 5. The van der Waals surface area contributed by atoms with Crippen molar-refractivity contribution < 1.29 is 9.59 Å². The third-order valence-corrected chi connectivity index (χ3v) is 6.24. The molecule has 2 aliphatic rings. The van der Waals surface area contributed by atoms with E-state index >= 15 is 0 Å². The molecule has 0 atom stereocenters. The summed E-state index contributed by atoms with van der Waals surface area (Å²) in [6.07, 6.45) is 0. The first-order valence-corrected chi connectivity index (χ1v) is 10.1. The van der Waals surface area contributed by atoms with Crippen molar-refractivity contribution in [1.29, 1.82) is 0 Å². The summed E-state index contributed by atoms with van der Waals surface area (Å²) < 4.78 is 0. The third-order valence-electron chi connectivity index (χ3n) is 5.15. The Labute approximate surface area is 163 Å². The zero-order valence-electron chi connectivity index (χ0n) is 15.4. The van der Waals surface area contributed by atoms with Crippen molar-refractivity contribution in [1.82, 2.24) is 9.80 Å². The number of carbonyl (C=O) groups excluding carboxylic acids is 2. The van der Waals surface area contributed by atoms with E-state index < -0.39 is 0 Å². The van der Waals surface area contributed by atoms with Gasteiger partial charge in [-0.15, -0.1) is 0 Å². The highest BCUT2D eigenvalue weighted by Crippen LogP contribution is 2.38. The monoisotopic (exact) mass is 378 g/mol. The van der Waals surface area contributed by atoms with Gasteiger partial charge in [0, 0.05) is 42.2 Å². The minimum atomic E-state index is -0.0491. The smallest absolute Gasteiger partial charge is 0.211 e. The van der Waals surface area contributed by atoms with E-state index in [-0.39, 0.29) is 11.6 Å². The van der Waals surface area contributed by atoms with Crippen molar-refractivity contribution in [2.45, 2.75) is 11.8 Å². The zero-order chi connectivity index (χ0) is 18.8. The van der Waals surface area contributed by atoms with Crippen molar-refractivity contribution in [3.8, 4) is 0 Å². The van der Waals surface area contributed by atoms with Gasteiger partial charge in [-0.3, -0.25) is 9.59 Å². The molecule has 0 radical (unpaired) electrons. The van der Waals surface area contributed by atoms with Crippen LogP contribution < -0.4 is 0 Å². The van der Waals surface area contributed by atoms with Crippen LogP contribution in [0.1, 0.15) is 27.6 Å². The molecule has 4 nitrogen and oxygen atoms in total. The summed E-state index contributed by atoms with van der Waals surface area (Å²) in [4.78, 5) is 32.6. The second-order valence-corrected chi connectivity index (χ2v) is 7.80. The van der Waals surface area contributed by atoms with Gasteiger partial charge in [0.2, 0.25) is 11.6 Å². The molecule has 0 saturated carbocycles. The highest BCUT2D eigenvalue weighted by molar-refractivity contribution is 8.04. The van der Waals surface area contributed by atoms with Crippen LogP contribution in [0.3, 0.4) is 0 Å². The maximum atomic E-state index is 13.3. The molecule has 1 heterocycles. The Bertz CT molecular complexity index is 900. The topological polar surface area (TPSA) is 40.6 Å². The number of rotatable bonds is 4. The van der Waals surface area contributed by atoms with Gasteiger partial charge in [-0.25, -0.2) is 0 Å². The molecule has 5 heteroatoms. The number of hydrogen-bond donors (Lipinski definition) is 0. The second-order valence-electron chi connectivity index (χ2n) is 6.72. The lowest BCUT2D eigenvalue weighted by molar-refractivity contribution is 0.0915. The number of likely N-dealkylation sites (N-methyl/N-ethyl adjacent to an activating group) is 1. The average Bonchev–Trinajstić information content (AvgIpc) is 2.73. The molecule has 0 bridgehead atoms. The summed E-state index contributed by atoms with van der Waals surface area (Å²) in [5, 5.41) is 0. The van der Waals surface area contributed by atoms with Crippen LogP contribution in [0.5, 0.6) is 0 Å². The Morgan fingerprint density at radius 1 is 0.815 bits per heavy atom. The predicted molar refractivity (Wildman–Crippen MR) is 108 cm³/mol. The molecular weight excluding hydrogens is 356 g/mol. The Kier molecular flexibility index (Phi) is 5.14. The molecule has 0 aromatic heterocycles. The average molecular weight is 378 g/mol. The molecule has 0 unspecified atom stereocenters. The van der Waals surface area contributed by atoms with Gasteiger partial charge in [0.25, 0.3) is 0 Å². The number of ketones is 2. The van der Waals surface area contributed by atoms with Crippen molar-refractivity contribution in [3.63, 3.8) is 0 Å². The van der Waals surface area contributed by atoms with Gasteiger partial charge in [-0.1, -0.05) is 61.2 Å². The zero-order valence-corrected chi connectivity index (χ0v) is 16.2. The van der Waals surface area contributed by atoms with Crippen molar-refractivity contribution in [2.24, 2.45) is 0 Å². The van der Waals surface area contributed by atoms with E-state index in [9.17, 15) is 9.59 Å². The number of thioether (sulfide) groups is 1. The third kappa shape index (κ3) is 3.45. The fraction of sp³-hybridized carbons (Fsp3) is 0.273. The fourth-order valence-electron chi connectivity index (χ4n) is 3.62. The molecule has 4 rings (SSSR count). The van der Waals surface area contributed by atoms with E-state index in [0.717, 1.165) is 37.6 Å². The van der Waals surface area contributed by atoms with Crippen molar-refractivity contribution >= 4 is 23.3 Å². The van der Waals surface area contributed by atoms with Gasteiger partial charge in [0.15, 0.2) is 0 Å². The summed E-state index contributed by atoms with van der Waals surface area (Å²) in [5.41, 5.74) is 1.60. The minimum Gasteiger partial charge on any atom is -0.365 e. The number of carbonyl (C=O) groups is 2. The van der Waals surface area contributed by atoms with Crippen LogP contribution in [0.25, 0.3) is 0 Å². The van der Waals surface area contributed by atoms with Gasteiger partial charge in [-0.2, -0.15) is 0 Å². The van der Waals surface area contributed by atoms with Crippen molar-refractivity contribution in [2.75, 3.05) is 32.7 Å². The van der Waals surface area contributed by atoms with E-state index in [1.165, 1.54) is 11.8 Å². The number of benzene rings is 2. The molecule has 138 valence electrons. The molecular formula is C22H22N2O2S. The van der Waals surface area contributed by atoms with Crippen LogP contribution in [-0.4, -0.2) is 54.1 Å². The van der Waals surface area contributed by atoms with Crippen LogP contribution >= 0.6 is 11.8 Å². The first-order valence-electron chi connectivity index (χ1n) is 9.32. The van der Waals surface area contributed by atoms with Gasteiger partial charge >= 0.3 is 0 Å². The second kappa shape index (κ2) is 7.71.